The summed E-state index contributed by atoms with van der Waals surface area (Å²) in [5.41, 5.74) is 0.721. The van der Waals surface area contributed by atoms with Crippen molar-refractivity contribution in [2.75, 3.05) is 6.54 Å². The Balaban J connectivity index is 2.12. The second kappa shape index (κ2) is 5.86. The molecule has 1 amide bonds. The highest BCUT2D eigenvalue weighted by Crippen LogP contribution is 2.35. The van der Waals surface area contributed by atoms with Crippen LogP contribution in [0.2, 0.25) is 4.34 Å². The van der Waals surface area contributed by atoms with Gasteiger partial charge in [0.25, 0.3) is 5.91 Å². The van der Waals surface area contributed by atoms with Crippen molar-refractivity contribution in [3.63, 3.8) is 0 Å². The van der Waals surface area contributed by atoms with E-state index in [1.165, 1.54) is 23.7 Å². The van der Waals surface area contributed by atoms with Gasteiger partial charge in [0.15, 0.2) is 11.3 Å². The second-order valence-corrected chi connectivity index (χ2v) is 6.18. The summed E-state index contributed by atoms with van der Waals surface area (Å²) in [4.78, 5) is 27.5. The molecular formula is C13H9ClN4O4S. The molecule has 0 aliphatic heterocycles. The number of hydrogen-bond acceptors (Lipinski definition) is 6. The first-order valence-electron chi connectivity index (χ1n) is 6.29. The lowest BCUT2D eigenvalue weighted by atomic mass is 10.2. The van der Waals surface area contributed by atoms with Crippen LogP contribution in [0.25, 0.3) is 16.1 Å². The van der Waals surface area contributed by atoms with Crippen LogP contribution in [-0.4, -0.2) is 43.2 Å². The summed E-state index contributed by atoms with van der Waals surface area (Å²) in [6, 6.07) is 4.85. The highest BCUT2D eigenvalue weighted by atomic mass is 35.5. The van der Waals surface area contributed by atoms with Gasteiger partial charge >= 0.3 is 5.97 Å². The number of amides is 1. The number of aromatic nitrogens is 3. The molecular weight excluding hydrogens is 344 g/mol. The van der Waals surface area contributed by atoms with Crippen LogP contribution in [0.1, 0.15) is 10.5 Å². The smallest absolute Gasteiger partial charge is 0.322 e. The third-order valence-electron chi connectivity index (χ3n) is 2.98. The van der Waals surface area contributed by atoms with Gasteiger partial charge in [-0.15, -0.1) is 11.3 Å². The molecule has 0 aliphatic carbocycles. The third-order valence-corrected chi connectivity index (χ3v) is 4.24. The molecule has 0 aliphatic rings. The number of aromatic hydroxyl groups is 1. The van der Waals surface area contributed by atoms with E-state index in [-0.39, 0.29) is 11.4 Å². The second-order valence-electron chi connectivity index (χ2n) is 4.47. The van der Waals surface area contributed by atoms with E-state index in [0.29, 0.717) is 15.5 Å². The van der Waals surface area contributed by atoms with Crippen LogP contribution in [0.5, 0.6) is 5.75 Å². The number of fused-ring (bicyclic) bond motifs is 1. The van der Waals surface area contributed by atoms with Gasteiger partial charge in [-0.2, -0.15) is 5.10 Å². The number of carbonyl (C=O) groups excluding carboxylic acids is 1. The molecule has 0 bridgehead atoms. The van der Waals surface area contributed by atoms with Crippen molar-refractivity contribution in [1.82, 2.24) is 19.9 Å². The first kappa shape index (κ1) is 15.3. The average molecular weight is 353 g/mol. The summed E-state index contributed by atoms with van der Waals surface area (Å²) in [5, 5.41) is 24.9. The van der Waals surface area contributed by atoms with Crippen LogP contribution in [0.15, 0.2) is 24.5 Å². The molecule has 0 fully saturated rings. The lowest BCUT2D eigenvalue weighted by Gasteiger charge is -2.09. The zero-order valence-corrected chi connectivity index (χ0v) is 12.9. The van der Waals surface area contributed by atoms with Gasteiger partial charge in [0.2, 0.25) is 0 Å². The quantitative estimate of drug-likeness (QED) is 0.657. The van der Waals surface area contributed by atoms with E-state index >= 15 is 0 Å². The molecule has 0 radical (unpaired) electrons. The predicted molar refractivity (Wildman–Crippen MR) is 82.9 cm³/mol. The Labute approximate surface area is 138 Å². The number of carboxylic acid groups (broad SMARTS) is 1. The van der Waals surface area contributed by atoms with Gasteiger partial charge < -0.3 is 15.5 Å². The van der Waals surface area contributed by atoms with Crippen LogP contribution < -0.4 is 5.32 Å². The molecule has 0 spiro atoms. The maximum absolute atomic E-state index is 12.1. The summed E-state index contributed by atoms with van der Waals surface area (Å²) in [5.74, 6) is -2.31. The van der Waals surface area contributed by atoms with E-state index in [1.54, 1.807) is 12.1 Å². The molecule has 3 heterocycles. The molecule has 3 N–H and O–H groups in total. The summed E-state index contributed by atoms with van der Waals surface area (Å²) >= 11 is 7.21. The molecule has 0 saturated carbocycles. The van der Waals surface area contributed by atoms with E-state index in [2.05, 4.69) is 15.4 Å². The van der Waals surface area contributed by atoms with Crippen LogP contribution in [-0.2, 0) is 4.79 Å². The molecule has 0 unspecified atom stereocenters. The SMILES string of the molecule is O=C(O)CNC(=O)c1c(O)cc(-c2ccc(Cl)s2)c2ncnn12. The van der Waals surface area contributed by atoms with E-state index in [4.69, 9.17) is 16.7 Å². The summed E-state index contributed by atoms with van der Waals surface area (Å²) in [6.07, 6.45) is 1.24. The first-order chi connectivity index (χ1) is 11.0. The van der Waals surface area contributed by atoms with Crippen molar-refractivity contribution >= 4 is 40.5 Å². The average Bonchev–Trinajstić information content (AvgIpc) is 3.12. The molecule has 3 aromatic heterocycles. The lowest BCUT2D eigenvalue weighted by molar-refractivity contribution is -0.135. The Kier molecular flexibility index (Phi) is 3.89. The molecule has 3 rings (SSSR count). The highest BCUT2D eigenvalue weighted by molar-refractivity contribution is 7.19. The van der Waals surface area contributed by atoms with Crippen molar-refractivity contribution in [2.24, 2.45) is 0 Å². The largest absolute Gasteiger partial charge is 0.505 e. The third kappa shape index (κ3) is 2.83. The standard InChI is InChI=1S/C13H9ClN4O4S/c14-9-2-1-8(23-9)6-3-7(19)11(13(22)15-4-10(20)21)18-12(6)16-5-17-18/h1-3,5,19H,4H2,(H,15,22)(H,20,21). The van der Waals surface area contributed by atoms with Gasteiger partial charge in [-0.3, -0.25) is 9.59 Å². The number of aliphatic carboxylic acids is 1. The minimum absolute atomic E-state index is 0.190. The number of carboxylic acids is 1. The normalized spacial score (nSPS) is 10.8. The van der Waals surface area contributed by atoms with Crippen LogP contribution in [0, 0.1) is 0 Å². The number of carbonyl (C=O) groups is 2. The zero-order chi connectivity index (χ0) is 16.6. The van der Waals surface area contributed by atoms with Crippen molar-refractivity contribution in [3.05, 3.63) is 34.6 Å². The van der Waals surface area contributed by atoms with Gasteiger partial charge in [-0.05, 0) is 18.2 Å². The summed E-state index contributed by atoms with van der Waals surface area (Å²) in [7, 11) is 0. The fraction of sp³-hybridized carbons (Fsp3) is 0.0769. The molecule has 10 heteroatoms. The van der Waals surface area contributed by atoms with Crippen LogP contribution in [0.3, 0.4) is 0 Å². The van der Waals surface area contributed by atoms with Crippen molar-refractivity contribution in [2.45, 2.75) is 0 Å². The minimum Gasteiger partial charge on any atom is -0.505 e. The number of hydrogen-bond donors (Lipinski definition) is 3. The van der Waals surface area contributed by atoms with Gasteiger partial charge in [0.05, 0.1) is 4.34 Å². The highest BCUT2D eigenvalue weighted by Gasteiger charge is 2.21. The monoisotopic (exact) mass is 352 g/mol. The maximum Gasteiger partial charge on any atom is 0.322 e. The van der Waals surface area contributed by atoms with Crippen molar-refractivity contribution in [3.8, 4) is 16.2 Å². The number of thiophene rings is 1. The Hall–Kier alpha value is -2.65. The van der Waals surface area contributed by atoms with Gasteiger partial charge in [-0.25, -0.2) is 9.50 Å². The van der Waals surface area contributed by atoms with E-state index in [9.17, 15) is 14.7 Å². The van der Waals surface area contributed by atoms with Crippen LogP contribution in [0.4, 0.5) is 0 Å². The van der Waals surface area contributed by atoms with E-state index in [1.807, 2.05) is 0 Å². The Bertz CT molecular complexity index is 920. The Morgan fingerprint density at radius 3 is 2.83 bits per heavy atom. The predicted octanol–water partition coefficient (Wildman–Crippen LogP) is 1.63. The molecule has 3 aromatic rings. The topological polar surface area (TPSA) is 117 Å². The number of nitrogens with zero attached hydrogens (tertiary/aromatic N) is 3. The first-order valence-corrected chi connectivity index (χ1v) is 7.48. The maximum atomic E-state index is 12.1. The zero-order valence-electron chi connectivity index (χ0n) is 11.4. The fourth-order valence-electron chi connectivity index (χ4n) is 2.06. The van der Waals surface area contributed by atoms with E-state index in [0.717, 1.165) is 9.39 Å². The molecule has 8 nitrogen and oxygen atoms in total. The van der Waals surface area contributed by atoms with Gasteiger partial charge in [0, 0.05) is 10.4 Å². The number of halogens is 1. The molecule has 118 valence electrons. The van der Waals surface area contributed by atoms with Gasteiger partial charge in [-0.1, -0.05) is 11.6 Å². The molecule has 23 heavy (non-hydrogen) atoms. The van der Waals surface area contributed by atoms with Crippen molar-refractivity contribution in [1.29, 1.82) is 0 Å². The lowest BCUT2D eigenvalue weighted by Crippen LogP contribution is -2.30. The van der Waals surface area contributed by atoms with Crippen LogP contribution >= 0.6 is 22.9 Å². The summed E-state index contributed by atoms with van der Waals surface area (Å²) < 4.78 is 1.73. The molecule has 0 aromatic carbocycles. The molecule has 0 saturated heterocycles. The number of rotatable bonds is 4. The Morgan fingerprint density at radius 1 is 1.39 bits per heavy atom. The van der Waals surface area contributed by atoms with Crippen molar-refractivity contribution < 1.29 is 19.8 Å². The Morgan fingerprint density at radius 2 is 2.17 bits per heavy atom. The molecule has 0 atom stereocenters. The number of pyridine rings is 1. The number of nitrogens with one attached hydrogen (secondary N) is 1. The van der Waals surface area contributed by atoms with Gasteiger partial charge in [0.1, 0.15) is 18.6 Å². The van der Waals surface area contributed by atoms with E-state index < -0.39 is 18.4 Å². The fourth-order valence-corrected chi connectivity index (χ4v) is 3.11. The minimum atomic E-state index is -1.20. The summed E-state index contributed by atoms with van der Waals surface area (Å²) in [6.45, 7) is -0.573.